The molecular weight excluding hydrogens is 244 g/mol. The molecule has 0 saturated carbocycles. The number of hydrogen-bond donors (Lipinski definition) is 1. The van der Waals surface area contributed by atoms with Crippen LogP contribution in [0.5, 0.6) is 0 Å². The van der Waals surface area contributed by atoms with Gasteiger partial charge in [-0.1, -0.05) is 41.6 Å². The average Bonchev–Trinajstić information content (AvgIpc) is 2.73. The summed E-state index contributed by atoms with van der Waals surface area (Å²) in [6.07, 6.45) is 0.997. The second-order valence-electron chi connectivity index (χ2n) is 4.22. The van der Waals surface area contributed by atoms with Gasteiger partial charge in [-0.25, -0.2) is 0 Å². The molecule has 1 aromatic heterocycles. The van der Waals surface area contributed by atoms with E-state index in [0.717, 1.165) is 35.3 Å². The van der Waals surface area contributed by atoms with Gasteiger partial charge in [0.2, 0.25) is 0 Å². The third kappa shape index (κ3) is 2.91. The van der Waals surface area contributed by atoms with Crippen molar-refractivity contribution in [3.63, 3.8) is 0 Å². The lowest BCUT2D eigenvalue weighted by molar-refractivity contribution is 0.792. The van der Waals surface area contributed by atoms with E-state index >= 15 is 0 Å². The summed E-state index contributed by atoms with van der Waals surface area (Å²) in [4.78, 5) is 0. The summed E-state index contributed by atoms with van der Waals surface area (Å²) in [5.74, 6) is 1.89. The molecule has 0 fully saturated rings. The van der Waals surface area contributed by atoms with Crippen LogP contribution in [0.25, 0.3) is 11.4 Å². The van der Waals surface area contributed by atoms with Crippen molar-refractivity contribution in [1.29, 1.82) is 0 Å². The number of rotatable bonds is 5. The van der Waals surface area contributed by atoms with Gasteiger partial charge in [-0.2, -0.15) is 0 Å². The Kier molecular flexibility index (Phi) is 4.38. The summed E-state index contributed by atoms with van der Waals surface area (Å²) in [6, 6.07) is 8.33. The SMILES string of the molecule is Cc1ccc(-c2nnc(SCCCN)n2C)cc1. The number of benzene rings is 1. The van der Waals surface area contributed by atoms with Crippen LogP contribution < -0.4 is 5.73 Å². The van der Waals surface area contributed by atoms with Crippen molar-refractivity contribution in [2.24, 2.45) is 12.8 Å². The highest BCUT2D eigenvalue weighted by Crippen LogP contribution is 2.23. The minimum atomic E-state index is 0.718. The largest absolute Gasteiger partial charge is 0.330 e. The zero-order chi connectivity index (χ0) is 13.0. The molecule has 2 N–H and O–H groups in total. The molecule has 0 spiro atoms. The number of nitrogens with two attached hydrogens (primary N) is 1. The molecule has 96 valence electrons. The predicted octanol–water partition coefficient (Wildman–Crippen LogP) is 2.23. The van der Waals surface area contributed by atoms with Gasteiger partial charge in [-0.05, 0) is 19.9 Å². The molecule has 0 amide bonds. The molecule has 5 heteroatoms. The van der Waals surface area contributed by atoms with Crippen molar-refractivity contribution in [2.45, 2.75) is 18.5 Å². The van der Waals surface area contributed by atoms with Crippen LogP contribution in [0, 0.1) is 6.92 Å². The minimum absolute atomic E-state index is 0.718. The van der Waals surface area contributed by atoms with Crippen molar-refractivity contribution in [3.05, 3.63) is 29.8 Å². The van der Waals surface area contributed by atoms with Crippen LogP contribution in [0.3, 0.4) is 0 Å². The summed E-state index contributed by atoms with van der Waals surface area (Å²) < 4.78 is 2.03. The van der Waals surface area contributed by atoms with Crippen molar-refractivity contribution in [2.75, 3.05) is 12.3 Å². The molecule has 4 nitrogen and oxygen atoms in total. The molecule has 0 saturated heterocycles. The van der Waals surface area contributed by atoms with E-state index in [9.17, 15) is 0 Å². The maximum atomic E-state index is 5.48. The Bertz CT molecular complexity index is 504. The van der Waals surface area contributed by atoms with Crippen molar-refractivity contribution in [3.8, 4) is 11.4 Å². The lowest BCUT2D eigenvalue weighted by Crippen LogP contribution is -2.00. The van der Waals surface area contributed by atoms with Crippen molar-refractivity contribution >= 4 is 11.8 Å². The molecule has 0 atom stereocenters. The van der Waals surface area contributed by atoms with Gasteiger partial charge in [0.15, 0.2) is 11.0 Å². The van der Waals surface area contributed by atoms with E-state index in [4.69, 9.17) is 5.73 Å². The van der Waals surface area contributed by atoms with E-state index in [1.54, 1.807) is 11.8 Å². The number of aryl methyl sites for hydroxylation is 1. The smallest absolute Gasteiger partial charge is 0.191 e. The Labute approximate surface area is 112 Å². The Morgan fingerprint density at radius 2 is 1.94 bits per heavy atom. The lowest BCUT2D eigenvalue weighted by atomic mass is 10.1. The maximum Gasteiger partial charge on any atom is 0.191 e. The molecule has 0 aliphatic carbocycles. The third-order valence-electron chi connectivity index (χ3n) is 2.72. The van der Waals surface area contributed by atoms with Gasteiger partial charge in [-0.3, -0.25) is 0 Å². The Morgan fingerprint density at radius 3 is 2.61 bits per heavy atom. The van der Waals surface area contributed by atoms with Crippen LogP contribution in [0.1, 0.15) is 12.0 Å². The van der Waals surface area contributed by atoms with Gasteiger partial charge in [0.05, 0.1) is 0 Å². The zero-order valence-electron chi connectivity index (χ0n) is 10.8. The highest BCUT2D eigenvalue weighted by Gasteiger charge is 2.10. The second-order valence-corrected chi connectivity index (χ2v) is 5.28. The fourth-order valence-corrected chi connectivity index (χ4v) is 2.51. The molecular formula is C13H18N4S. The van der Waals surface area contributed by atoms with Crippen LogP contribution in [0.4, 0.5) is 0 Å². The molecule has 2 rings (SSSR count). The van der Waals surface area contributed by atoms with Crippen LogP contribution in [-0.4, -0.2) is 27.1 Å². The summed E-state index contributed by atoms with van der Waals surface area (Å²) in [5, 5.41) is 9.42. The van der Waals surface area contributed by atoms with Gasteiger partial charge in [0.1, 0.15) is 0 Å². The van der Waals surface area contributed by atoms with E-state index in [-0.39, 0.29) is 0 Å². The molecule has 18 heavy (non-hydrogen) atoms. The lowest BCUT2D eigenvalue weighted by Gasteiger charge is -2.03. The van der Waals surface area contributed by atoms with E-state index in [1.807, 2.05) is 11.6 Å². The zero-order valence-corrected chi connectivity index (χ0v) is 11.6. The van der Waals surface area contributed by atoms with Gasteiger partial charge in [0.25, 0.3) is 0 Å². The molecule has 0 aliphatic heterocycles. The molecule has 0 unspecified atom stereocenters. The van der Waals surface area contributed by atoms with E-state index < -0.39 is 0 Å². The first-order valence-corrected chi connectivity index (χ1v) is 7.00. The number of hydrogen-bond acceptors (Lipinski definition) is 4. The number of nitrogens with zero attached hydrogens (tertiary/aromatic N) is 3. The van der Waals surface area contributed by atoms with E-state index in [1.165, 1.54) is 5.56 Å². The molecule has 0 bridgehead atoms. The maximum absolute atomic E-state index is 5.48. The first kappa shape index (κ1) is 13.1. The number of aromatic nitrogens is 3. The van der Waals surface area contributed by atoms with Crippen LogP contribution in [0.2, 0.25) is 0 Å². The van der Waals surface area contributed by atoms with E-state index in [0.29, 0.717) is 0 Å². The second kappa shape index (κ2) is 6.02. The van der Waals surface area contributed by atoms with Gasteiger partial charge in [0, 0.05) is 18.4 Å². The highest BCUT2D eigenvalue weighted by molar-refractivity contribution is 7.99. The first-order valence-electron chi connectivity index (χ1n) is 6.01. The summed E-state index contributed by atoms with van der Waals surface area (Å²) >= 11 is 1.70. The van der Waals surface area contributed by atoms with Crippen LogP contribution >= 0.6 is 11.8 Å². The number of thioether (sulfide) groups is 1. The monoisotopic (exact) mass is 262 g/mol. The average molecular weight is 262 g/mol. The summed E-state index contributed by atoms with van der Waals surface area (Å²) in [7, 11) is 2.00. The normalized spacial score (nSPS) is 10.8. The molecule has 2 aromatic rings. The Morgan fingerprint density at radius 1 is 1.22 bits per heavy atom. The Hall–Kier alpha value is -1.33. The standard InChI is InChI=1S/C13H18N4S/c1-10-4-6-11(7-5-10)12-15-16-13(17(12)2)18-9-3-8-14/h4-7H,3,8-9,14H2,1-2H3. The van der Waals surface area contributed by atoms with Crippen molar-refractivity contribution in [1.82, 2.24) is 14.8 Å². The molecule has 0 aliphatic rings. The topological polar surface area (TPSA) is 56.7 Å². The van der Waals surface area contributed by atoms with Crippen molar-refractivity contribution < 1.29 is 0 Å². The molecule has 1 aromatic carbocycles. The minimum Gasteiger partial charge on any atom is -0.330 e. The Balaban J connectivity index is 2.17. The van der Waals surface area contributed by atoms with E-state index in [2.05, 4.69) is 41.4 Å². The third-order valence-corrected chi connectivity index (χ3v) is 3.83. The molecule has 1 heterocycles. The quantitative estimate of drug-likeness (QED) is 0.663. The van der Waals surface area contributed by atoms with Crippen LogP contribution in [-0.2, 0) is 7.05 Å². The highest BCUT2D eigenvalue weighted by atomic mass is 32.2. The fraction of sp³-hybridized carbons (Fsp3) is 0.385. The van der Waals surface area contributed by atoms with Crippen LogP contribution in [0.15, 0.2) is 29.4 Å². The first-order chi connectivity index (χ1) is 8.72. The van der Waals surface area contributed by atoms with Gasteiger partial charge in [-0.15, -0.1) is 10.2 Å². The summed E-state index contributed by atoms with van der Waals surface area (Å²) in [6.45, 7) is 2.80. The fourth-order valence-electron chi connectivity index (χ4n) is 1.64. The molecule has 0 radical (unpaired) electrons. The predicted molar refractivity (Wildman–Crippen MR) is 75.6 cm³/mol. The van der Waals surface area contributed by atoms with Gasteiger partial charge >= 0.3 is 0 Å². The summed E-state index contributed by atoms with van der Waals surface area (Å²) in [5.41, 5.74) is 7.83. The van der Waals surface area contributed by atoms with Gasteiger partial charge < -0.3 is 10.3 Å².